The number of piperidine rings is 1. The van der Waals surface area contributed by atoms with Gasteiger partial charge in [-0.2, -0.15) is 0 Å². The lowest BCUT2D eigenvalue weighted by atomic mass is 9.98. The first-order valence-electron chi connectivity index (χ1n) is 15.8. The fraction of sp³-hybridized carbons (Fsp3) is 0.529. The van der Waals surface area contributed by atoms with E-state index in [0.717, 1.165) is 24.6 Å². The summed E-state index contributed by atoms with van der Waals surface area (Å²) in [6, 6.07) is 6.27. The molecule has 2 fully saturated rings. The molecule has 0 radical (unpaired) electrons. The van der Waals surface area contributed by atoms with Crippen LogP contribution in [-0.2, 0) is 4.79 Å². The van der Waals surface area contributed by atoms with E-state index in [-0.39, 0.29) is 41.3 Å². The maximum absolute atomic E-state index is 14.5. The van der Waals surface area contributed by atoms with Crippen LogP contribution in [0.4, 0.5) is 4.39 Å². The van der Waals surface area contributed by atoms with Crippen LogP contribution in [0.25, 0.3) is 16.6 Å². The number of amides is 2. The lowest BCUT2D eigenvalue weighted by Crippen LogP contribution is -2.49. The highest BCUT2D eigenvalue weighted by Gasteiger charge is 2.43. The van der Waals surface area contributed by atoms with Crippen molar-refractivity contribution in [1.82, 2.24) is 24.7 Å². The van der Waals surface area contributed by atoms with Crippen molar-refractivity contribution >= 4 is 28.5 Å². The number of pyridine rings is 1. The third-order valence-electron chi connectivity index (χ3n) is 9.11. The van der Waals surface area contributed by atoms with E-state index in [1.807, 2.05) is 39.5 Å². The summed E-state index contributed by atoms with van der Waals surface area (Å²) in [7, 11) is 0. The first-order valence-corrected chi connectivity index (χ1v) is 15.8. The number of ketones is 1. The molecular formula is C34H44FN5O3. The molecule has 1 saturated heterocycles. The van der Waals surface area contributed by atoms with Crippen molar-refractivity contribution in [1.29, 1.82) is 0 Å². The molecule has 1 aliphatic carbocycles. The second-order valence-electron chi connectivity index (χ2n) is 12.6. The predicted octanol–water partition coefficient (Wildman–Crippen LogP) is 5.77. The number of rotatable bonds is 12. The third-order valence-corrected chi connectivity index (χ3v) is 9.11. The fourth-order valence-corrected chi connectivity index (χ4v) is 7.07. The summed E-state index contributed by atoms with van der Waals surface area (Å²) in [6.07, 6.45) is 10.2. The smallest absolute Gasteiger partial charge is 0.256 e. The average Bonchev–Trinajstić information content (AvgIpc) is 3.71. The van der Waals surface area contributed by atoms with Crippen LogP contribution >= 0.6 is 0 Å². The van der Waals surface area contributed by atoms with Gasteiger partial charge >= 0.3 is 0 Å². The summed E-state index contributed by atoms with van der Waals surface area (Å²) in [5.41, 5.74) is 1.95. The Kier molecular flexibility index (Phi) is 9.30. The number of carbonyl (C=O) groups is 3. The van der Waals surface area contributed by atoms with Gasteiger partial charge in [-0.15, -0.1) is 0 Å². The quantitative estimate of drug-likeness (QED) is 0.214. The number of likely N-dealkylation sites (N-methyl/N-ethyl adjacent to an activating group) is 1. The van der Waals surface area contributed by atoms with Crippen molar-refractivity contribution in [2.45, 2.75) is 97.3 Å². The molecule has 0 spiro atoms. The van der Waals surface area contributed by atoms with Crippen LogP contribution in [0, 0.1) is 11.7 Å². The molecule has 43 heavy (non-hydrogen) atoms. The van der Waals surface area contributed by atoms with Gasteiger partial charge in [0.15, 0.2) is 5.78 Å². The summed E-state index contributed by atoms with van der Waals surface area (Å²) in [4.78, 5) is 48.3. The predicted molar refractivity (Wildman–Crippen MR) is 166 cm³/mol. The Bertz CT molecular complexity index is 1490. The maximum Gasteiger partial charge on any atom is 0.256 e. The van der Waals surface area contributed by atoms with Crippen LogP contribution in [0.15, 0.2) is 42.9 Å². The monoisotopic (exact) mass is 589 g/mol. The van der Waals surface area contributed by atoms with E-state index in [0.29, 0.717) is 54.7 Å². The standard InChI is InChI=1S/C34H44FN5O3/c1-6-38(34(43)32-23-10-12-25(17-23)37-32)16-8-7-9-31(41)28-20-39(30-19-36-15-14-26(28)30)29-13-11-24(35)18-27(29)33(42)40(21(2)3)22(4)5/h11,13-15,18-23,25,32,37H,6-10,12,16-17H2,1-5H3/t23-,25+,32-/m0/s1. The molecule has 9 heteroatoms. The highest BCUT2D eigenvalue weighted by Crippen LogP contribution is 2.36. The number of hydrogen-bond acceptors (Lipinski definition) is 5. The molecule has 2 bridgehead atoms. The molecule has 1 saturated carbocycles. The molecule has 2 amide bonds. The first kappa shape index (κ1) is 30.9. The van der Waals surface area contributed by atoms with Crippen molar-refractivity contribution in [2.24, 2.45) is 5.92 Å². The number of unbranched alkanes of at least 4 members (excludes halogenated alkanes) is 1. The minimum Gasteiger partial charge on any atom is -0.342 e. The topological polar surface area (TPSA) is 87.5 Å². The summed E-state index contributed by atoms with van der Waals surface area (Å²) in [6.45, 7) is 11.1. The molecule has 3 atom stereocenters. The fourth-order valence-electron chi connectivity index (χ4n) is 7.07. The van der Waals surface area contributed by atoms with Crippen molar-refractivity contribution in [3.05, 3.63) is 59.8 Å². The summed E-state index contributed by atoms with van der Waals surface area (Å²) >= 11 is 0. The number of halogens is 1. The van der Waals surface area contributed by atoms with E-state index in [1.54, 1.807) is 40.2 Å². The molecule has 5 rings (SSSR count). The number of carbonyl (C=O) groups excluding carboxylic acids is 3. The Morgan fingerprint density at radius 2 is 1.84 bits per heavy atom. The number of nitrogens with one attached hydrogen (secondary N) is 1. The van der Waals surface area contributed by atoms with Gasteiger partial charge in [0.25, 0.3) is 5.91 Å². The van der Waals surface area contributed by atoms with Crippen molar-refractivity contribution < 1.29 is 18.8 Å². The molecule has 0 unspecified atom stereocenters. The van der Waals surface area contributed by atoms with Crippen LogP contribution in [0.1, 0.15) is 93.9 Å². The van der Waals surface area contributed by atoms with E-state index in [2.05, 4.69) is 10.3 Å². The molecule has 1 aliphatic heterocycles. The zero-order valence-electron chi connectivity index (χ0n) is 26.0. The van der Waals surface area contributed by atoms with Crippen molar-refractivity contribution in [3.8, 4) is 5.69 Å². The first-order chi connectivity index (χ1) is 20.6. The largest absolute Gasteiger partial charge is 0.342 e. The van der Waals surface area contributed by atoms with Crippen LogP contribution in [0.2, 0.25) is 0 Å². The Morgan fingerprint density at radius 3 is 2.49 bits per heavy atom. The molecule has 230 valence electrons. The zero-order valence-corrected chi connectivity index (χ0v) is 26.0. The molecule has 1 N–H and O–H groups in total. The second kappa shape index (κ2) is 13.0. The number of Topliss-reactive ketones (excluding diaryl/α,β-unsaturated/α-hetero) is 1. The van der Waals surface area contributed by atoms with Gasteiger partial charge in [0, 0.05) is 61.0 Å². The van der Waals surface area contributed by atoms with E-state index in [9.17, 15) is 18.8 Å². The molecule has 3 heterocycles. The Labute approximate surface area is 253 Å². The average molecular weight is 590 g/mol. The van der Waals surface area contributed by atoms with Gasteiger partial charge in [-0.1, -0.05) is 0 Å². The highest BCUT2D eigenvalue weighted by atomic mass is 19.1. The maximum atomic E-state index is 14.5. The Morgan fingerprint density at radius 1 is 1.07 bits per heavy atom. The minimum absolute atomic E-state index is 0.0138. The Balaban J connectivity index is 1.33. The van der Waals surface area contributed by atoms with Crippen LogP contribution < -0.4 is 5.32 Å². The lowest BCUT2D eigenvalue weighted by molar-refractivity contribution is -0.134. The second-order valence-corrected chi connectivity index (χ2v) is 12.6. The van der Waals surface area contributed by atoms with E-state index >= 15 is 0 Å². The number of hydrogen-bond donors (Lipinski definition) is 1. The molecule has 8 nitrogen and oxygen atoms in total. The molecule has 1 aromatic carbocycles. The minimum atomic E-state index is -0.499. The van der Waals surface area contributed by atoms with Gasteiger partial charge in [-0.05, 0) is 96.9 Å². The third kappa shape index (κ3) is 6.23. The Hall–Kier alpha value is -3.59. The molecule has 3 aromatic rings. The van der Waals surface area contributed by atoms with Crippen LogP contribution in [-0.4, -0.2) is 74.2 Å². The number of aromatic nitrogens is 2. The number of fused-ring (bicyclic) bond motifs is 3. The van der Waals surface area contributed by atoms with E-state index in [1.165, 1.54) is 18.6 Å². The lowest BCUT2D eigenvalue weighted by Gasteiger charge is -2.31. The van der Waals surface area contributed by atoms with E-state index in [4.69, 9.17) is 0 Å². The van der Waals surface area contributed by atoms with Gasteiger partial charge < -0.3 is 19.7 Å². The van der Waals surface area contributed by atoms with Crippen LogP contribution in [0.3, 0.4) is 0 Å². The van der Waals surface area contributed by atoms with Gasteiger partial charge in [0.05, 0.1) is 29.0 Å². The summed E-state index contributed by atoms with van der Waals surface area (Å²) in [5.74, 6) is -0.138. The van der Waals surface area contributed by atoms with E-state index < -0.39 is 5.82 Å². The molecular weight excluding hydrogens is 545 g/mol. The van der Waals surface area contributed by atoms with Gasteiger partial charge in [0.1, 0.15) is 5.82 Å². The van der Waals surface area contributed by atoms with Gasteiger partial charge in [-0.3, -0.25) is 19.4 Å². The summed E-state index contributed by atoms with van der Waals surface area (Å²) in [5, 5.41) is 4.24. The summed E-state index contributed by atoms with van der Waals surface area (Å²) < 4.78 is 16.3. The number of benzene rings is 1. The molecule has 2 aromatic heterocycles. The highest BCUT2D eigenvalue weighted by molar-refractivity contribution is 6.09. The van der Waals surface area contributed by atoms with Crippen molar-refractivity contribution in [3.63, 3.8) is 0 Å². The van der Waals surface area contributed by atoms with Gasteiger partial charge in [-0.25, -0.2) is 4.39 Å². The van der Waals surface area contributed by atoms with Gasteiger partial charge in [0.2, 0.25) is 5.91 Å². The number of nitrogens with zero attached hydrogens (tertiary/aromatic N) is 4. The molecule has 2 aliphatic rings. The van der Waals surface area contributed by atoms with Crippen molar-refractivity contribution in [2.75, 3.05) is 13.1 Å². The normalized spacial score (nSPS) is 19.5. The SMILES string of the molecule is CCN(CCCCC(=O)c1cn(-c2ccc(F)cc2C(=O)N(C(C)C)C(C)C)c2cnccc12)C(=O)[C@H]1N[C@@H]2CC[C@H]1C2. The van der Waals surface area contributed by atoms with Crippen LogP contribution in [0.5, 0.6) is 0 Å². The zero-order chi connectivity index (χ0) is 30.8.